The third-order valence-electron chi connectivity index (χ3n) is 3.48. The number of hydrogen-bond donors (Lipinski definition) is 1. The highest BCUT2D eigenvalue weighted by atomic mass is 16.5. The monoisotopic (exact) mass is 327 g/mol. The smallest absolute Gasteiger partial charge is 0.303 e. The summed E-state index contributed by atoms with van der Waals surface area (Å²) in [7, 11) is 1.51. The van der Waals surface area contributed by atoms with Crippen molar-refractivity contribution >= 4 is 11.9 Å². The molecule has 126 valence electrons. The summed E-state index contributed by atoms with van der Waals surface area (Å²) in [5, 5.41) is 2.77. The number of hydrogen-bond acceptors (Lipinski definition) is 4. The Balaban J connectivity index is 2.10. The molecule has 2 atom stereocenters. The van der Waals surface area contributed by atoms with E-state index in [9.17, 15) is 9.59 Å². The molecule has 0 unspecified atom stereocenters. The van der Waals surface area contributed by atoms with Crippen molar-refractivity contribution in [3.63, 3.8) is 0 Å². The van der Waals surface area contributed by atoms with Crippen LogP contribution in [-0.2, 0) is 25.5 Å². The van der Waals surface area contributed by atoms with E-state index in [1.807, 2.05) is 60.7 Å². The molecule has 0 heterocycles. The minimum atomic E-state index is -0.911. The lowest BCUT2D eigenvalue weighted by Crippen LogP contribution is -2.41. The zero-order valence-corrected chi connectivity index (χ0v) is 13.8. The van der Waals surface area contributed by atoms with Gasteiger partial charge in [-0.3, -0.25) is 9.59 Å². The molecule has 0 bridgehead atoms. The average molecular weight is 327 g/mol. The SMILES string of the molecule is CO[C@H](NC(=O)[C@@H](Cc1ccccc1)OC(C)=O)c1ccccc1. The Morgan fingerprint density at radius 2 is 1.58 bits per heavy atom. The molecule has 0 spiro atoms. The van der Waals surface area contributed by atoms with Crippen LogP contribution in [0.25, 0.3) is 0 Å². The Kier molecular flexibility index (Phi) is 6.51. The first-order chi connectivity index (χ1) is 11.6. The van der Waals surface area contributed by atoms with Gasteiger partial charge in [-0.25, -0.2) is 0 Å². The van der Waals surface area contributed by atoms with Crippen molar-refractivity contribution in [3.05, 3.63) is 71.8 Å². The quantitative estimate of drug-likeness (QED) is 0.627. The van der Waals surface area contributed by atoms with E-state index in [1.54, 1.807) is 0 Å². The lowest BCUT2D eigenvalue weighted by Gasteiger charge is -2.22. The lowest BCUT2D eigenvalue weighted by atomic mass is 10.1. The fourth-order valence-electron chi connectivity index (χ4n) is 2.34. The van der Waals surface area contributed by atoms with Gasteiger partial charge in [-0.2, -0.15) is 0 Å². The summed E-state index contributed by atoms with van der Waals surface area (Å²) in [6.07, 6.45) is -1.21. The topological polar surface area (TPSA) is 64.6 Å². The summed E-state index contributed by atoms with van der Waals surface area (Å²) in [6.45, 7) is 1.29. The third-order valence-corrected chi connectivity index (χ3v) is 3.48. The number of carbonyl (C=O) groups is 2. The molecule has 0 saturated carbocycles. The predicted molar refractivity (Wildman–Crippen MR) is 90.0 cm³/mol. The second kappa shape index (κ2) is 8.84. The molecule has 0 saturated heterocycles. The van der Waals surface area contributed by atoms with E-state index in [4.69, 9.17) is 9.47 Å². The Morgan fingerprint density at radius 1 is 1.00 bits per heavy atom. The molecule has 0 aliphatic rings. The van der Waals surface area contributed by atoms with Gasteiger partial charge in [0.25, 0.3) is 5.91 Å². The summed E-state index contributed by atoms with van der Waals surface area (Å²) < 4.78 is 10.5. The van der Waals surface area contributed by atoms with E-state index in [0.717, 1.165) is 11.1 Å². The first-order valence-corrected chi connectivity index (χ1v) is 7.69. The van der Waals surface area contributed by atoms with Gasteiger partial charge in [0.05, 0.1) is 0 Å². The number of esters is 1. The zero-order valence-electron chi connectivity index (χ0n) is 13.8. The van der Waals surface area contributed by atoms with Crippen LogP contribution in [0.5, 0.6) is 0 Å². The molecule has 2 aromatic rings. The maximum atomic E-state index is 12.6. The average Bonchev–Trinajstić information content (AvgIpc) is 2.60. The highest BCUT2D eigenvalue weighted by molar-refractivity contribution is 5.83. The first kappa shape index (κ1) is 17.7. The second-order valence-electron chi connectivity index (χ2n) is 5.32. The first-order valence-electron chi connectivity index (χ1n) is 7.69. The number of methoxy groups -OCH3 is 1. The molecule has 0 radical (unpaired) electrons. The molecule has 1 N–H and O–H groups in total. The molecule has 24 heavy (non-hydrogen) atoms. The van der Waals surface area contributed by atoms with E-state index < -0.39 is 24.2 Å². The number of carbonyl (C=O) groups excluding carboxylic acids is 2. The van der Waals surface area contributed by atoms with E-state index >= 15 is 0 Å². The summed E-state index contributed by atoms with van der Waals surface area (Å²) in [5.41, 5.74) is 1.72. The van der Waals surface area contributed by atoms with Crippen LogP contribution in [0.3, 0.4) is 0 Å². The maximum Gasteiger partial charge on any atom is 0.303 e. The van der Waals surface area contributed by atoms with Crippen molar-refractivity contribution in [1.82, 2.24) is 5.32 Å². The number of amides is 1. The molecule has 2 rings (SSSR count). The normalized spacial score (nSPS) is 12.9. The molecular formula is C19H21NO4. The van der Waals surface area contributed by atoms with Gasteiger partial charge in [0.2, 0.25) is 0 Å². The van der Waals surface area contributed by atoms with Gasteiger partial charge < -0.3 is 14.8 Å². The Labute approximate surface area is 141 Å². The van der Waals surface area contributed by atoms with Crippen molar-refractivity contribution < 1.29 is 19.1 Å². The highest BCUT2D eigenvalue weighted by Crippen LogP contribution is 2.14. The summed E-state index contributed by atoms with van der Waals surface area (Å²) in [6, 6.07) is 18.7. The van der Waals surface area contributed by atoms with Crippen molar-refractivity contribution in [1.29, 1.82) is 0 Å². The van der Waals surface area contributed by atoms with Crippen molar-refractivity contribution in [2.24, 2.45) is 0 Å². The van der Waals surface area contributed by atoms with Crippen LogP contribution in [-0.4, -0.2) is 25.1 Å². The summed E-state index contributed by atoms with van der Waals surface area (Å²) in [5.74, 6) is -0.899. The Morgan fingerprint density at radius 3 is 2.12 bits per heavy atom. The van der Waals surface area contributed by atoms with E-state index in [0.29, 0.717) is 6.42 Å². The van der Waals surface area contributed by atoms with E-state index in [2.05, 4.69) is 5.32 Å². The molecule has 0 fully saturated rings. The van der Waals surface area contributed by atoms with Gasteiger partial charge in [-0.15, -0.1) is 0 Å². The fourth-order valence-corrected chi connectivity index (χ4v) is 2.34. The number of benzene rings is 2. The van der Waals surface area contributed by atoms with E-state index in [1.165, 1.54) is 14.0 Å². The minimum Gasteiger partial charge on any atom is -0.452 e. The lowest BCUT2D eigenvalue weighted by molar-refractivity contribution is -0.155. The van der Waals surface area contributed by atoms with Gasteiger partial charge in [0, 0.05) is 26.0 Å². The minimum absolute atomic E-state index is 0.303. The number of rotatable bonds is 7. The largest absolute Gasteiger partial charge is 0.452 e. The van der Waals surface area contributed by atoms with Gasteiger partial charge in [0.1, 0.15) is 0 Å². The maximum absolute atomic E-state index is 12.6. The third kappa shape index (κ3) is 5.21. The second-order valence-corrected chi connectivity index (χ2v) is 5.32. The summed E-state index contributed by atoms with van der Waals surface area (Å²) in [4.78, 5) is 23.9. The van der Waals surface area contributed by atoms with Gasteiger partial charge in [0.15, 0.2) is 12.3 Å². The van der Waals surface area contributed by atoms with Crippen molar-refractivity contribution in [2.75, 3.05) is 7.11 Å². The number of nitrogens with one attached hydrogen (secondary N) is 1. The van der Waals surface area contributed by atoms with Crippen LogP contribution in [0.4, 0.5) is 0 Å². The Bertz CT molecular complexity index is 658. The van der Waals surface area contributed by atoms with Crippen LogP contribution < -0.4 is 5.32 Å². The molecule has 0 aliphatic carbocycles. The molecule has 5 nitrogen and oxygen atoms in total. The number of ether oxygens (including phenoxy) is 2. The fraction of sp³-hybridized carbons (Fsp3) is 0.263. The van der Waals surface area contributed by atoms with Gasteiger partial charge >= 0.3 is 5.97 Å². The molecule has 1 amide bonds. The van der Waals surface area contributed by atoms with E-state index in [-0.39, 0.29) is 0 Å². The predicted octanol–water partition coefficient (Wildman–Crippen LogP) is 2.62. The highest BCUT2D eigenvalue weighted by Gasteiger charge is 2.25. The van der Waals surface area contributed by atoms with Gasteiger partial charge in [-0.05, 0) is 5.56 Å². The molecule has 0 aliphatic heterocycles. The van der Waals surface area contributed by atoms with Crippen LogP contribution in [0.2, 0.25) is 0 Å². The van der Waals surface area contributed by atoms with Crippen molar-refractivity contribution in [3.8, 4) is 0 Å². The molecule has 2 aromatic carbocycles. The molecule has 5 heteroatoms. The van der Waals surface area contributed by atoms with Gasteiger partial charge in [-0.1, -0.05) is 60.7 Å². The van der Waals surface area contributed by atoms with Crippen LogP contribution >= 0.6 is 0 Å². The molecule has 0 aromatic heterocycles. The zero-order chi connectivity index (χ0) is 17.4. The van der Waals surface area contributed by atoms with Crippen LogP contribution in [0, 0.1) is 0 Å². The standard InChI is InChI=1S/C19H21NO4/c1-14(21)24-17(13-15-9-5-3-6-10-15)18(22)20-19(23-2)16-11-7-4-8-12-16/h3-12,17,19H,13H2,1-2H3,(H,20,22)/t17-,19+/m1/s1. The van der Waals surface area contributed by atoms with Crippen LogP contribution in [0.15, 0.2) is 60.7 Å². The Hall–Kier alpha value is -2.66. The van der Waals surface area contributed by atoms with Crippen LogP contribution in [0.1, 0.15) is 24.3 Å². The van der Waals surface area contributed by atoms with Crippen molar-refractivity contribution in [2.45, 2.75) is 25.7 Å². The molecular weight excluding hydrogens is 306 g/mol. The summed E-state index contributed by atoms with van der Waals surface area (Å²) >= 11 is 0.